The fourth-order valence-electron chi connectivity index (χ4n) is 3.56. The summed E-state index contributed by atoms with van der Waals surface area (Å²) >= 11 is 0. The Balaban J connectivity index is 1.53. The first-order chi connectivity index (χ1) is 9.79. The Labute approximate surface area is 117 Å². The lowest BCUT2D eigenvalue weighted by molar-refractivity contribution is 0.0179. The van der Waals surface area contributed by atoms with E-state index in [1.54, 1.807) is 6.20 Å². The van der Waals surface area contributed by atoms with E-state index in [4.69, 9.17) is 4.74 Å². The third kappa shape index (κ3) is 2.00. The lowest BCUT2D eigenvalue weighted by Crippen LogP contribution is -2.42. The van der Waals surface area contributed by atoms with Crippen molar-refractivity contribution in [3.63, 3.8) is 0 Å². The molecule has 2 aliphatic heterocycles. The SMILES string of the molecule is O=C(OC1C[C@H]2CC[C@@H](C1)N2)c1c[nH]c2ccccc12. The highest BCUT2D eigenvalue weighted by molar-refractivity contribution is 6.04. The molecule has 0 saturated carbocycles. The summed E-state index contributed by atoms with van der Waals surface area (Å²) in [6.07, 6.45) is 6.14. The molecule has 2 saturated heterocycles. The number of carbonyl (C=O) groups is 1. The van der Waals surface area contributed by atoms with Crippen molar-refractivity contribution in [3.8, 4) is 0 Å². The minimum absolute atomic E-state index is 0.0647. The third-order valence-electron chi connectivity index (χ3n) is 4.51. The topological polar surface area (TPSA) is 54.1 Å². The highest BCUT2D eigenvalue weighted by atomic mass is 16.5. The second-order valence-corrected chi connectivity index (χ2v) is 5.88. The minimum atomic E-state index is -0.200. The number of hydrogen-bond donors (Lipinski definition) is 2. The van der Waals surface area contributed by atoms with Gasteiger partial charge in [-0.25, -0.2) is 4.79 Å². The molecule has 1 aromatic carbocycles. The number of ether oxygens (including phenoxy) is 1. The van der Waals surface area contributed by atoms with Gasteiger partial charge in [-0.3, -0.25) is 0 Å². The molecule has 0 aliphatic carbocycles. The van der Waals surface area contributed by atoms with E-state index in [1.165, 1.54) is 12.8 Å². The van der Waals surface area contributed by atoms with Crippen molar-refractivity contribution >= 4 is 16.9 Å². The molecule has 2 bridgehead atoms. The number of esters is 1. The Kier molecular flexibility index (Phi) is 2.77. The largest absolute Gasteiger partial charge is 0.459 e. The van der Waals surface area contributed by atoms with Gasteiger partial charge in [-0.15, -0.1) is 0 Å². The first-order valence-electron chi connectivity index (χ1n) is 7.33. The Morgan fingerprint density at radius 3 is 2.70 bits per heavy atom. The van der Waals surface area contributed by atoms with Gasteiger partial charge in [-0.1, -0.05) is 18.2 Å². The van der Waals surface area contributed by atoms with E-state index in [1.807, 2.05) is 24.3 Å². The van der Waals surface area contributed by atoms with Crippen LogP contribution in [0.2, 0.25) is 0 Å². The number of carbonyl (C=O) groups excluding carboxylic acids is 1. The van der Waals surface area contributed by atoms with Crippen LogP contribution in [0.3, 0.4) is 0 Å². The molecule has 1 aromatic heterocycles. The first kappa shape index (κ1) is 12.0. The van der Waals surface area contributed by atoms with Crippen LogP contribution in [-0.2, 0) is 4.74 Å². The summed E-state index contributed by atoms with van der Waals surface area (Å²) in [6, 6.07) is 8.89. The average molecular weight is 270 g/mol. The lowest BCUT2D eigenvalue weighted by Gasteiger charge is -2.28. The summed E-state index contributed by atoms with van der Waals surface area (Å²) in [7, 11) is 0. The van der Waals surface area contributed by atoms with Gasteiger partial charge in [0.2, 0.25) is 0 Å². The van der Waals surface area contributed by atoms with Crippen molar-refractivity contribution in [2.75, 3.05) is 0 Å². The molecule has 0 amide bonds. The summed E-state index contributed by atoms with van der Waals surface area (Å²) in [4.78, 5) is 15.5. The van der Waals surface area contributed by atoms with Crippen LogP contribution in [0.15, 0.2) is 30.5 Å². The fraction of sp³-hybridized carbons (Fsp3) is 0.438. The van der Waals surface area contributed by atoms with Crippen LogP contribution in [0.1, 0.15) is 36.0 Å². The highest BCUT2D eigenvalue weighted by Crippen LogP contribution is 2.29. The van der Waals surface area contributed by atoms with Crippen LogP contribution in [0.5, 0.6) is 0 Å². The van der Waals surface area contributed by atoms with E-state index in [0.29, 0.717) is 17.6 Å². The van der Waals surface area contributed by atoms with Crippen LogP contribution in [0.25, 0.3) is 10.9 Å². The number of fused-ring (bicyclic) bond motifs is 3. The molecule has 4 nitrogen and oxygen atoms in total. The normalized spacial score (nSPS) is 28.7. The quantitative estimate of drug-likeness (QED) is 0.825. The maximum atomic E-state index is 12.4. The van der Waals surface area contributed by atoms with Gasteiger partial charge in [0, 0.05) is 29.2 Å². The zero-order valence-electron chi connectivity index (χ0n) is 11.3. The van der Waals surface area contributed by atoms with Gasteiger partial charge < -0.3 is 15.0 Å². The molecular formula is C16H18N2O2. The predicted molar refractivity (Wildman–Crippen MR) is 76.7 cm³/mol. The van der Waals surface area contributed by atoms with Crippen molar-refractivity contribution in [1.29, 1.82) is 0 Å². The average Bonchev–Trinajstić information content (AvgIpc) is 3.02. The molecule has 3 atom stereocenters. The molecule has 2 fully saturated rings. The second kappa shape index (κ2) is 4.63. The molecule has 4 heteroatoms. The Bertz CT molecular complexity index is 637. The van der Waals surface area contributed by atoms with E-state index in [9.17, 15) is 4.79 Å². The molecule has 0 spiro atoms. The Hall–Kier alpha value is -1.81. The number of nitrogens with one attached hydrogen (secondary N) is 2. The number of hydrogen-bond acceptors (Lipinski definition) is 3. The first-order valence-corrected chi connectivity index (χ1v) is 7.33. The highest BCUT2D eigenvalue weighted by Gasteiger charge is 2.35. The van der Waals surface area contributed by atoms with Crippen LogP contribution < -0.4 is 5.32 Å². The van der Waals surface area contributed by atoms with Gasteiger partial charge >= 0.3 is 5.97 Å². The standard InChI is InChI=1S/C16H18N2O2/c19-16(14-9-17-15-4-2-1-3-13(14)15)20-12-7-10-5-6-11(8-12)18-10/h1-4,9-12,17-18H,5-8H2/t10-,11+,12?. The second-order valence-electron chi connectivity index (χ2n) is 5.88. The zero-order chi connectivity index (χ0) is 13.5. The number of piperidine rings is 1. The van der Waals surface area contributed by atoms with Crippen LogP contribution in [0, 0.1) is 0 Å². The van der Waals surface area contributed by atoms with Gasteiger partial charge in [0.05, 0.1) is 5.56 Å². The summed E-state index contributed by atoms with van der Waals surface area (Å²) in [6.45, 7) is 0. The molecule has 0 radical (unpaired) electrons. The van der Waals surface area contributed by atoms with Gasteiger partial charge in [-0.2, -0.15) is 0 Å². The summed E-state index contributed by atoms with van der Waals surface area (Å²) in [5.74, 6) is -0.200. The number of aromatic amines is 1. The molecule has 2 aliphatic rings. The van der Waals surface area contributed by atoms with E-state index in [2.05, 4.69) is 10.3 Å². The number of H-pyrrole nitrogens is 1. The van der Waals surface area contributed by atoms with Gasteiger partial charge in [0.15, 0.2) is 0 Å². The van der Waals surface area contributed by atoms with E-state index in [-0.39, 0.29) is 12.1 Å². The predicted octanol–water partition coefficient (Wildman–Crippen LogP) is 2.61. The Morgan fingerprint density at radius 2 is 1.90 bits per heavy atom. The number of benzene rings is 1. The summed E-state index contributed by atoms with van der Waals surface area (Å²) in [5, 5.41) is 4.50. The molecule has 1 unspecified atom stereocenters. The van der Waals surface area contributed by atoms with Gasteiger partial charge in [-0.05, 0) is 31.7 Å². The third-order valence-corrected chi connectivity index (χ3v) is 4.51. The molecule has 20 heavy (non-hydrogen) atoms. The lowest BCUT2D eigenvalue weighted by atomic mass is 10.0. The monoisotopic (exact) mass is 270 g/mol. The van der Waals surface area contributed by atoms with Crippen LogP contribution in [-0.4, -0.2) is 29.1 Å². The van der Waals surface area contributed by atoms with Gasteiger partial charge in [0.25, 0.3) is 0 Å². The van der Waals surface area contributed by atoms with Crippen LogP contribution >= 0.6 is 0 Å². The summed E-state index contributed by atoms with van der Waals surface area (Å²) in [5.41, 5.74) is 1.62. The minimum Gasteiger partial charge on any atom is -0.459 e. The maximum absolute atomic E-state index is 12.4. The summed E-state index contributed by atoms with van der Waals surface area (Å²) < 4.78 is 5.73. The Morgan fingerprint density at radius 1 is 1.15 bits per heavy atom. The molecule has 104 valence electrons. The molecule has 2 N–H and O–H groups in total. The number of rotatable bonds is 2. The molecular weight excluding hydrogens is 252 g/mol. The van der Waals surface area contributed by atoms with E-state index >= 15 is 0 Å². The van der Waals surface area contributed by atoms with E-state index in [0.717, 1.165) is 23.7 Å². The fourth-order valence-corrected chi connectivity index (χ4v) is 3.56. The number of para-hydroxylation sites is 1. The van der Waals surface area contributed by atoms with Crippen molar-refractivity contribution in [1.82, 2.24) is 10.3 Å². The maximum Gasteiger partial charge on any atom is 0.340 e. The number of aromatic nitrogens is 1. The van der Waals surface area contributed by atoms with Crippen molar-refractivity contribution < 1.29 is 9.53 Å². The van der Waals surface area contributed by atoms with Crippen molar-refractivity contribution in [2.45, 2.75) is 43.9 Å². The molecule has 3 heterocycles. The van der Waals surface area contributed by atoms with E-state index < -0.39 is 0 Å². The van der Waals surface area contributed by atoms with Crippen molar-refractivity contribution in [3.05, 3.63) is 36.0 Å². The molecule has 4 rings (SSSR count). The van der Waals surface area contributed by atoms with Gasteiger partial charge in [0.1, 0.15) is 6.10 Å². The zero-order valence-corrected chi connectivity index (χ0v) is 11.3. The van der Waals surface area contributed by atoms with Crippen LogP contribution in [0.4, 0.5) is 0 Å². The smallest absolute Gasteiger partial charge is 0.340 e. The van der Waals surface area contributed by atoms with Crippen molar-refractivity contribution in [2.24, 2.45) is 0 Å². The molecule has 2 aromatic rings.